The van der Waals surface area contributed by atoms with E-state index >= 15 is 0 Å². The predicted octanol–water partition coefficient (Wildman–Crippen LogP) is 5.86. The fourth-order valence-corrected chi connectivity index (χ4v) is 5.87. The second kappa shape index (κ2) is 11.4. The number of ketones is 1. The van der Waals surface area contributed by atoms with Crippen molar-refractivity contribution < 1.29 is 28.7 Å². The molecule has 0 bridgehead atoms. The predicted molar refractivity (Wildman–Crippen MR) is 149 cm³/mol. The zero-order valence-corrected chi connectivity index (χ0v) is 23.5. The summed E-state index contributed by atoms with van der Waals surface area (Å²) in [5.74, 6) is -3.93. The molecule has 11 heteroatoms. The molecule has 3 amide bonds. The summed E-state index contributed by atoms with van der Waals surface area (Å²) in [5.41, 5.74) is 1.16. The van der Waals surface area contributed by atoms with Gasteiger partial charge in [-0.3, -0.25) is 19.2 Å². The van der Waals surface area contributed by atoms with Gasteiger partial charge in [0.2, 0.25) is 0 Å². The third-order valence-electron chi connectivity index (χ3n) is 6.84. The van der Waals surface area contributed by atoms with Gasteiger partial charge >= 0.3 is 5.97 Å². The Labute approximate surface area is 243 Å². The van der Waals surface area contributed by atoms with Crippen molar-refractivity contribution in [1.29, 1.82) is 0 Å². The van der Waals surface area contributed by atoms with Crippen LogP contribution in [0.1, 0.15) is 50.2 Å². The molecule has 8 nitrogen and oxygen atoms in total. The van der Waals surface area contributed by atoms with Gasteiger partial charge in [0.25, 0.3) is 17.7 Å². The Morgan fingerprint density at radius 2 is 1.75 bits per heavy atom. The number of imide groups is 1. The van der Waals surface area contributed by atoms with Gasteiger partial charge in [-0.25, -0.2) is 9.80 Å². The monoisotopic (exact) mass is 596 g/mol. The molecule has 0 spiro atoms. The maximum absolute atomic E-state index is 13.7. The third kappa shape index (κ3) is 5.45. The molecule has 1 saturated heterocycles. The Balaban J connectivity index is 1.41. The number of rotatable bonds is 7. The number of Topliss-reactive ketones (excluding diaryl/α,β-unsaturated/α-hetero) is 1. The van der Waals surface area contributed by atoms with Gasteiger partial charge in [0.15, 0.2) is 5.78 Å². The highest BCUT2D eigenvalue weighted by Crippen LogP contribution is 2.39. The Bertz CT molecular complexity index is 1550. The normalized spacial score (nSPS) is 18.3. The van der Waals surface area contributed by atoms with Gasteiger partial charge in [-0.05, 0) is 73.7 Å². The lowest BCUT2D eigenvalue weighted by Crippen LogP contribution is -2.52. The van der Waals surface area contributed by atoms with Crippen LogP contribution in [0.3, 0.4) is 0 Å². The van der Waals surface area contributed by atoms with E-state index < -0.39 is 47.9 Å². The van der Waals surface area contributed by atoms with Gasteiger partial charge in [0.1, 0.15) is 17.2 Å². The summed E-state index contributed by atoms with van der Waals surface area (Å²) in [5, 5.41) is 3.72. The summed E-state index contributed by atoms with van der Waals surface area (Å²) in [6.45, 7) is 1.29. The number of amides is 3. The molecule has 1 aromatic heterocycles. The average molecular weight is 597 g/mol. The van der Waals surface area contributed by atoms with Gasteiger partial charge in [0.05, 0.1) is 22.4 Å². The first-order chi connectivity index (χ1) is 19.1. The quantitative estimate of drug-likeness (QED) is 0.111. The highest BCUT2D eigenvalue weighted by Gasteiger charge is 2.52. The van der Waals surface area contributed by atoms with Crippen LogP contribution < -0.4 is 4.74 Å². The lowest BCUT2D eigenvalue weighted by atomic mass is 9.82. The van der Waals surface area contributed by atoms with Gasteiger partial charge < -0.3 is 4.74 Å². The molecule has 1 aliphatic carbocycles. The standard InChI is InChI=1S/C29H22Cl2N2O6S/c1-16-4-10-20-22(13-16)28(37)33(27(20)36)32(26(35)21-11-7-18(30)14-23(21)31)15-24(34)17-5-8-19(9-6-17)39-29(38)25-3-2-12-40-25/h2-9,11-12,14,20,22H,10,13,15H2,1H3/t20-,22-/m1/s1. The van der Waals surface area contributed by atoms with Gasteiger partial charge in [0, 0.05) is 10.6 Å². The van der Waals surface area contributed by atoms with E-state index in [4.69, 9.17) is 27.9 Å². The zero-order chi connectivity index (χ0) is 28.6. The molecule has 2 aliphatic rings. The van der Waals surface area contributed by atoms with Crippen molar-refractivity contribution in [3.8, 4) is 5.75 Å². The molecule has 1 fully saturated rings. The van der Waals surface area contributed by atoms with Gasteiger partial charge in [-0.2, -0.15) is 5.01 Å². The molecular weight excluding hydrogens is 575 g/mol. The highest BCUT2D eigenvalue weighted by atomic mass is 35.5. The molecule has 0 N–H and O–H groups in total. The second-order valence-electron chi connectivity index (χ2n) is 9.49. The van der Waals surface area contributed by atoms with Gasteiger partial charge in [-0.1, -0.05) is 40.9 Å². The molecule has 2 aromatic carbocycles. The van der Waals surface area contributed by atoms with E-state index in [-0.39, 0.29) is 21.9 Å². The molecular formula is C29H22Cl2N2O6S. The number of benzene rings is 2. The lowest BCUT2D eigenvalue weighted by molar-refractivity contribution is -0.154. The fourth-order valence-electron chi connectivity index (χ4n) is 4.78. The Kier molecular flexibility index (Phi) is 7.89. The first-order valence-electron chi connectivity index (χ1n) is 12.3. The van der Waals surface area contributed by atoms with E-state index in [1.165, 1.54) is 53.8 Å². The molecule has 2 atom stereocenters. The number of carbonyl (C=O) groups excluding carboxylic acids is 5. The minimum absolute atomic E-state index is 0.0144. The maximum Gasteiger partial charge on any atom is 0.353 e. The number of thiophene rings is 1. The van der Waals surface area contributed by atoms with E-state index in [2.05, 4.69) is 0 Å². The van der Waals surface area contributed by atoms with Crippen molar-refractivity contribution in [1.82, 2.24) is 10.0 Å². The largest absolute Gasteiger partial charge is 0.422 e. The van der Waals surface area contributed by atoms with E-state index in [0.717, 1.165) is 15.6 Å². The number of carbonyl (C=O) groups is 5. The Morgan fingerprint density at radius 1 is 1.02 bits per heavy atom. The van der Waals surface area contributed by atoms with E-state index in [1.807, 2.05) is 13.0 Å². The van der Waals surface area contributed by atoms with Crippen LogP contribution in [0.2, 0.25) is 10.0 Å². The van der Waals surface area contributed by atoms with E-state index in [9.17, 15) is 24.0 Å². The van der Waals surface area contributed by atoms with E-state index in [0.29, 0.717) is 22.7 Å². The van der Waals surface area contributed by atoms with Crippen LogP contribution in [0.15, 0.2) is 71.6 Å². The van der Waals surface area contributed by atoms with Crippen LogP contribution in [0.5, 0.6) is 5.75 Å². The molecule has 204 valence electrons. The number of esters is 1. The van der Waals surface area contributed by atoms with E-state index in [1.54, 1.807) is 17.5 Å². The molecule has 0 unspecified atom stereocenters. The van der Waals surface area contributed by atoms with Crippen molar-refractivity contribution in [3.63, 3.8) is 0 Å². The summed E-state index contributed by atoms with van der Waals surface area (Å²) < 4.78 is 5.33. The molecule has 0 saturated carbocycles. The Morgan fingerprint density at radius 3 is 2.42 bits per heavy atom. The van der Waals surface area contributed by atoms with Crippen molar-refractivity contribution in [2.75, 3.05) is 6.54 Å². The number of hydrogen-bond donors (Lipinski definition) is 0. The summed E-state index contributed by atoms with van der Waals surface area (Å²) >= 11 is 13.5. The first kappa shape index (κ1) is 27.8. The van der Waals surface area contributed by atoms with Crippen LogP contribution in [0.4, 0.5) is 0 Å². The highest BCUT2D eigenvalue weighted by molar-refractivity contribution is 7.12. The molecule has 40 heavy (non-hydrogen) atoms. The number of hydrogen-bond acceptors (Lipinski definition) is 7. The maximum atomic E-state index is 13.7. The number of fused-ring (bicyclic) bond motifs is 1. The number of halogens is 2. The van der Waals surface area contributed by atoms with Crippen LogP contribution in [-0.4, -0.2) is 46.0 Å². The zero-order valence-electron chi connectivity index (χ0n) is 21.1. The van der Waals surface area contributed by atoms with Crippen molar-refractivity contribution in [3.05, 3.63) is 97.7 Å². The average Bonchev–Trinajstić information content (AvgIpc) is 3.55. The summed E-state index contributed by atoms with van der Waals surface area (Å²) in [6.07, 6.45) is 2.69. The molecule has 2 heterocycles. The third-order valence-corrected chi connectivity index (χ3v) is 8.24. The lowest BCUT2D eigenvalue weighted by Gasteiger charge is -2.30. The molecule has 5 rings (SSSR count). The van der Waals surface area contributed by atoms with Crippen LogP contribution >= 0.6 is 34.5 Å². The first-order valence-corrected chi connectivity index (χ1v) is 14.0. The van der Waals surface area contributed by atoms with Gasteiger partial charge in [-0.15, -0.1) is 11.3 Å². The van der Waals surface area contributed by atoms with Crippen LogP contribution in [0.25, 0.3) is 0 Å². The topological polar surface area (TPSA) is 101 Å². The van der Waals surface area contributed by atoms with Crippen molar-refractivity contribution >= 4 is 64.0 Å². The van der Waals surface area contributed by atoms with Crippen molar-refractivity contribution in [2.24, 2.45) is 11.8 Å². The number of nitrogens with zero attached hydrogens (tertiary/aromatic N) is 2. The SMILES string of the molecule is CC1=CC[C@H]2C(=O)N(N(CC(=O)c3ccc(OC(=O)c4cccs4)cc3)C(=O)c3ccc(Cl)cc3Cl)C(=O)[C@@H]2C1. The smallest absolute Gasteiger partial charge is 0.353 e. The van der Waals surface area contributed by atoms with Crippen molar-refractivity contribution in [2.45, 2.75) is 19.8 Å². The molecule has 3 aromatic rings. The number of ether oxygens (including phenoxy) is 1. The number of hydrazine groups is 1. The summed E-state index contributed by atoms with van der Waals surface area (Å²) in [7, 11) is 0. The molecule has 0 radical (unpaired) electrons. The minimum atomic E-state index is -0.790. The summed E-state index contributed by atoms with van der Waals surface area (Å²) in [4.78, 5) is 66.6. The minimum Gasteiger partial charge on any atom is -0.422 e. The molecule has 1 aliphatic heterocycles. The van der Waals surface area contributed by atoms with Crippen LogP contribution in [-0.2, 0) is 9.59 Å². The Hall–Kier alpha value is -3.79. The van der Waals surface area contributed by atoms with Crippen LogP contribution in [0, 0.1) is 11.8 Å². The fraction of sp³-hybridized carbons (Fsp3) is 0.207. The summed E-state index contributed by atoms with van der Waals surface area (Å²) in [6, 6.07) is 13.4. The second-order valence-corrected chi connectivity index (χ2v) is 11.3. The number of allylic oxidation sites excluding steroid dienone is 2.